The SMILES string of the molecule is C.Cc1ccc(-c2ccc(C)cc2C)c(C)c1.Cc1ccc(Oc2ccc(C)c(C(N)=O)c2)cc1.Cc1ccc(Oc2ccc(Oc3ccc(C)cc3)cc2)cc1. The molecule has 7 aromatic carbocycles. The third-order valence-corrected chi connectivity index (χ3v) is 9.12. The standard InChI is InChI=1S/C20H18O2.C16H18.C15H15NO2.CH4/c1-15-3-7-17(8-4-15)21-19-11-13-20(14-12-19)22-18-9-5-16(2)6-10-18;1-11-5-7-15(13(3)9-11)16-8-6-12(2)10-14(16)4;1-10-3-6-12(7-4-10)18-13-8-5-11(2)14(9-13)15(16)17;/h3-14H,1-2H3;5-10H,1-4H3;3-9H,1-2H3,(H2,16,17);1H4. The van der Waals surface area contributed by atoms with E-state index in [1.165, 1.54) is 50.1 Å². The number of ether oxygens (including phenoxy) is 3. The van der Waals surface area contributed by atoms with Crippen molar-refractivity contribution in [1.82, 2.24) is 0 Å². The molecule has 0 aliphatic heterocycles. The van der Waals surface area contributed by atoms with Crippen LogP contribution in [-0.2, 0) is 0 Å². The summed E-state index contributed by atoms with van der Waals surface area (Å²) in [6.07, 6.45) is 0. The van der Waals surface area contributed by atoms with Gasteiger partial charge in [-0.25, -0.2) is 0 Å². The summed E-state index contributed by atoms with van der Waals surface area (Å²) in [5, 5.41) is 0. The van der Waals surface area contributed by atoms with Crippen molar-refractivity contribution in [2.24, 2.45) is 5.73 Å². The molecule has 0 saturated heterocycles. The lowest BCUT2D eigenvalue weighted by Crippen LogP contribution is -2.12. The second-order valence-corrected chi connectivity index (χ2v) is 14.2. The highest BCUT2D eigenvalue weighted by molar-refractivity contribution is 5.94. The molecule has 57 heavy (non-hydrogen) atoms. The molecule has 292 valence electrons. The zero-order chi connectivity index (χ0) is 40.2. The number of carbonyl (C=O) groups excluding carboxylic acids is 1. The van der Waals surface area contributed by atoms with Gasteiger partial charge in [0.15, 0.2) is 0 Å². The molecule has 0 aromatic heterocycles. The molecule has 0 bridgehead atoms. The largest absolute Gasteiger partial charge is 0.457 e. The number of amides is 1. The molecule has 1 amide bonds. The summed E-state index contributed by atoms with van der Waals surface area (Å²) in [6.45, 7) is 16.6. The highest BCUT2D eigenvalue weighted by atomic mass is 16.5. The van der Waals surface area contributed by atoms with Crippen molar-refractivity contribution in [3.63, 3.8) is 0 Å². The zero-order valence-corrected chi connectivity index (χ0v) is 33.6. The van der Waals surface area contributed by atoms with Crippen LogP contribution in [0.1, 0.15) is 62.3 Å². The topological polar surface area (TPSA) is 70.8 Å². The van der Waals surface area contributed by atoms with Crippen LogP contribution in [-0.4, -0.2) is 5.91 Å². The number of hydrogen-bond donors (Lipinski definition) is 1. The normalized spacial score (nSPS) is 10.1. The van der Waals surface area contributed by atoms with Crippen LogP contribution < -0.4 is 19.9 Å². The average Bonchev–Trinajstić information content (AvgIpc) is 3.17. The zero-order valence-electron chi connectivity index (χ0n) is 33.6. The van der Waals surface area contributed by atoms with Crippen LogP contribution >= 0.6 is 0 Å². The van der Waals surface area contributed by atoms with Gasteiger partial charge in [-0.15, -0.1) is 0 Å². The van der Waals surface area contributed by atoms with Gasteiger partial charge in [0, 0.05) is 5.56 Å². The Morgan fingerprint density at radius 3 is 0.947 bits per heavy atom. The molecule has 0 aliphatic rings. The van der Waals surface area contributed by atoms with Gasteiger partial charge >= 0.3 is 0 Å². The third-order valence-electron chi connectivity index (χ3n) is 9.12. The van der Waals surface area contributed by atoms with Crippen molar-refractivity contribution in [1.29, 1.82) is 0 Å². The second-order valence-electron chi connectivity index (χ2n) is 14.2. The fourth-order valence-corrected chi connectivity index (χ4v) is 5.96. The van der Waals surface area contributed by atoms with Crippen LogP contribution in [0.3, 0.4) is 0 Å². The molecule has 0 saturated carbocycles. The summed E-state index contributed by atoms with van der Waals surface area (Å²) in [5.41, 5.74) is 18.3. The molecule has 2 N–H and O–H groups in total. The summed E-state index contributed by atoms with van der Waals surface area (Å²) in [4.78, 5) is 11.2. The maximum Gasteiger partial charge on any atom is 0.249 e. The lowest BCUT2D eigenvalue weighted by Gasteiger charge is -2.10. The van der Waals surface area contributed by atoms with Crippen LogP contribution in [0.2, 0.25) is 0 Å². The Bertz CT molecular complexity index is 2240. The highest BCUT2D eigenvalue weighted by Gasteiger charge is 2.08. The number of carbonyl (C=O) groups is 1. The molecule has 0 unspecified atom stereocenters. The monoisotopic (exact) mass is 757 g/mol. The maximum atomic E-state index is 11.2. The van der Waals surface area contributed by atoms with Crippen molar-refractivity contribution in [2.75, 3.05) is 0 Å². The van der Waals surface area contributed by atoms with E-state index in [1.54, 1.807) is 6.07 Å². The van der Waals surface area contributed by atoms with Crippen molar-refractivity contribution in [3.05, 3.63) is 202 Å². The summed E-state index contributed by atoms with van der Waals surface area (Å²) in [7, 11) is 0. The average molecular weight is 758 g/mol. The fraction of sp³-hybridized carbons (Fsp3) is 0.173. The molecule has 0 fully saturated rings. The van der Waals surface area contributed by atoms with E-state index < -0.39 is 5.91 Å². The Morgan fingerprint density at radius 2 is 0.632 bits per heavy atom. The van der Waals surface area contributed by atoms with Crippen LogP contribution in [0.4, 0.5) is 0 Å². The van der Waals surface area contributed by atoms with Gasteiger partial charge in [0.2, 0.25) is 5.91 Å². The van der Waals surface area contributed by atoms with Gasteiger partial charge in [0.25, 0.3) is 0 Å². The van der Waals surface area contributed by atoms with Gasteiger partial charge in [-0.05, 0) is 156 Å². The predicted molar refractivity (Wildman–Crippen MR) is 237 cm³/mol. The van der Waals surface area contributed by atoms with Crippen molar-refractivity contribution in [2.45, 2.75) is 62.8 Å². The number of benzene rings is 7. The fourth-order valence-electron chi connectivity index (χ4n) is 5.96. The molecular weight excluding hydrogens is 703 g/mol. The molecule has 0 spiro atoms. The summed E-state index contributed by atoms with van der Waals surface area (Å²) in [5.74, 6) is 4.15. The van der Waals surface area contributed by atoms with Gasteiger partial charge in [-0.1, -0.05) is 114 Å². The second kappa shape index (κ2) is 20.4. The van der Waals surface area contributed by atoms with Gasteiger partial charge in [-0.3, -0.25) is 4.79 Å². The molecule has 5 heteroatoms. The first kappa shape index (κ1) is 43.1. The van der Waals surface area contributed by atoms with Gasteiger partial charge in [0.05, 0.1) is 0 Å². The van der Waals surface area contributed by atoms with Gasteiger partial charge in [-0.2, -0.15) is 0 Å². The van der Waals surface area contributed by atoms with Gasteiger partial charge < -0.3 is 19.9 Å². The quantitative estimate of drug-likeness (QED) is 0.168. The minimum Gasteiger partial charge on any atom is -0.457 e. The number of rotatable bonds is 8. The van der Waals surface area contributed by atoms with Gasteiger partial charge in [0.1, 0.15) is 34.5 Å². The van der Waals surface area contributed by atoms with Crippen molar-refractivity contribution < 1.29 is 19.0 Å². The summed E-state index contributed by atoms with van der Waals surface area (Å²) < 4.78 is 17.3. The van der Waals surface area contributed by atoms with E-state index in [2.05, 4.69) is 77.9 Å². The first-order valence-corrected chi connectivity index (χ1v) is 18.7. The van der Waals surface area contributed by atoms with Crippen LogP contribution in [0.15, 0.2) is 152 Å². The Labute approximate surface area is 339 Å². The van der Waals surface area contributed by atoms with Crippen LogP contribution in [0, 0.1) is 55.4 Å². The van der Waals surface area contributed by atoms with E-state index in [0.717, 1.165) is 34.3 Å². The van der Waals surface area contributed by atoms with E-state index in [1.807, 2.05) is 123 Å². The molecular formula is C52H55NO4. The summed E-state index contributed by atoms with van der Waals surface area (Å²) in [6, 6.07) is 49.9. The van der Waals surface area contributed by atoms with E-state index >= 15 is 0 Å². The third kappa shape index (κ3) is 13.0. The van der Waals surface area contributed by atoms with E-state index in [4.69, 9.17) is 19.9 Å². The Morgan fingerprint density at radius 1 is 0.351 bits per heavy atom. The molecule has 0 atom stereocenters. The number of aryl methyl sites for hydroxylation is 8. The molecule has 0 aliphatic carbocycles. The molecule has 7 rings (SSSR count). The predicted octanol–water partition coefficient (Wildman–Crippen LogP) is 14.3. The van der Waals surface area contributed by atoms with E-state index in [-0.39, 0.29) is 7.43 Å². The van der Waals surface area contributed by atoms with Crippen LogP contribution in [0.5, 0.6) is 34.5 Å². The minimum atomic E-state index is -0.443. The Hall–Kier alpha value is -6.59. The number of primary amides is 1. The van der Waals surface area contributed by atoms with Crippen molar-refractivity contribution in [3.8, 4) is 45.6 Å². The minimum absolute atomic E-state index is 0. The summed E-state index contributed by atoms with van der Waals surface area (Å²) >= 11 is 0. The first-order valence-electron chi connectivity index (χ1n) is 18.7. The Kier molecular flexibility index (Phi) is 15.4. The van der Waals surface area contributed by atoms with Crippen molar-refractivity contribution >= 4 is 5.91 Å². The lowest BCUT2D eigenvalue weighted by molar-refractivity contribution is 0.0999. The van der Waals surface area contributed by atoms with E-state index in [0.29, 0.717) is 11.3 Å². The number of nitrogens with two attached hydrogens (primary N) is 1. The van der Waals surface area contributed by atoms with Crippen LogP contribution in [0.25, 0.3) is 11.1 Å². The highest BCUT2D eigenvalue weighted by Crippen LogP contribution is 2.29. The molecule has 0 radical (unpaired) electrons. The first-order chi connectivity index (χ1) is 26.8. The Balaban J connectivity index is 0.000000191. The smallest absolute Gasteiger partial charge is 0.249 e. The maximum absolute atomic E-state index is 11.2. The molecule has 0 heterocycles. The number of hydrogen-bond acceptors (Lipinski definition) is 4. The van der Waals surface area contributed by atoms with E-state index in [9.17, 15) is 4.79 Å². The lowest BCUT2D eigenvalue weighted by atomic mass is 9.94. The molecule has 7 aromatic rings. The molecule has 5 nitrogen and oxygen atoms in total.